The quantitative estimate of drug-likeness (QED) is 0.735. The van der Waals surface area contributed by atoms with E-state index in [-0.39, 0.29) is 0 Å². The van der Waals surface area contributed by atoms with Gasteiger partial charge in [-0.25, -0.2) is 0 Å². The lowest BCUT2D eigenvalue weighted by molar-refractivity contribution is 0.481. The maximum Gasteiger partial charge on any atom is 0.168 e. The number of aromatic nitrogens is 1. The molecular weight excluding hydrogens is 293 g/mol. The molecule has 0 saturated carbocycles. The molecule has 0 aliphatic rings. The minimum absolute atomic E-state index is 0.417. The van der Waals surface area contributed by atoms with Gasteiger partial charge in [0, 0.05) is 5.02 Å². The summed E-state index contributed by atoms with van der Waals surface area (Å²) in [5.41, 5.74) is 1.37. The molecule has 0 amide bonds. The predicted molar refractivity (Wildman–Crippen MR) is 75.3 cm³/mol. The van der Waals surface area contributed by atoms with Gasteiger partial charge in [0.25, 0.3) is 0 Å². The SMILES string of the molecule is Cc1nc(C)c(Cl)c(Oc2ccc(Cl)cc2)c1Cl. The number of rotatable bonds is 2. The Bertz CT molecular complexity index is 556. The van der Waals surface area contributed by atoms with Crippen LogP contribution in [0, 0.1) is 13.8 Å². The van der Waals surface area contributed by atoms with Crippen molar-refractivity contribution < 1.29 is 4.74 Å². The first-order chi connectivity index (χ1) is 8.49. The fraction of sp³-hybridized carbons (Fsp3) is 0.154. The summed E-state index contributed by atoms with van der Waals surface area (Å²) in [6.45, 7) is 3.61. The van der Waals surface area contributed by atoms with E-state index in [2.05, 4.69) is 4.98 Å². The van der Waals surface area contributed by atoms with E-state index in [4.69, 9.17) is 39.5 Å². The Morgan fingerprint density at radius 2 is 1.39 bits per heavy atom. The zero-order valence-electron chi connectivity index (χ0n) is 9.80. The standard InChI is InChI=1S/C13H10Cl3NO/c1-7-11(15)13(12(16)8(2)17-7)18-10-5-3-9(14)4-6-10/h3-6H,1-2H3. The highest BCUT2D eigenvalue weighted by atomic mass is 35.5. The van der Waals surface area contributed by atoms with E-state index in [0.29, 0.717) is 38.0 Å². The number of benzene rings is 1. The lowest BCUT2D eigenvalue weighted by Gasteiger charge is -2.12. The van der Waals surface area contributed by atoms with Crippen LogP contribution in [0.25, 0.3) is 0 Å². The van der Waals surface area contributed by atoms with Crippen LogP contribution in [0.1, 0.15) is 11.4 Å². The van der Waals surface area contributed by atoms with Crippen LogP contribution in [0.5, 0.6) is 11.5 Å². The molecule has 0 unspecified atom stereocenters. The Morgan fingerprint density at radius 1 is 0.889 bits per heavy atom. The van der Waals surface area contributed by atoms with Crippen molar-refractivity contribution in [3.8, 4) is 11.5 Å². The molecule has 0 fully saturated rings. The summed E-state index contributed by atoms with van der Waals surface area (Å²) in [7, 11) is 0. The van der Waals surface area contributed by atoms with Crippen LogP contribution in [-0.2, 0) is 0 Å². The van der Waals surface area contributed by atoms with E-state index in [1.165, 1.54) is 0 Å². The molecule has 0 atom stereocenters. The zero-order chi connectivity index (χ0) is 13.3. The summed E-state index contributed by atoms with van der Waals surface area (Å²) in [6.07, 6.45) is 0. The van der Waals surface area contributed by atoms with Crippen LogP contribution >= 0.6 is 34.8 Å². The van der Waals surface area contributed by atoms with Gasteiger partial charge in [-0.05, 0) is 38.1 Å². The van der Waals surface area contributed by atoms with Crippen LogP contribution in [0.4, 0.5) is 0 Å². The molecule has 0 bridgehead atoms. The molecule has 2 nitrogen and oxygen atoms in total. The Kier molecular flexibility index (Phi) is 4.00. The first kappa shape index (κ1) is 13.5. The van der Waals surface area contributed by atoms with Gasteiger partial charge in [0.2, 0.25) is 0 Å². The Balaban J connectivity index is 2.42. The molecule has 0 saturated heterocycles. The van der Waals surface area contributed by atoms with Crippen LogP contribution < -0.4 is 4.74 Å². The lowest BCUT2D eigenvalue weighted by atomic mass is 10.3. The van der Waals surface area contributed by atoms with Gasteiger partial charge in [-0.15, -0.1) is 0 Å². The van der Waals surface area contributed by atoms with E-state index in [1.807, 2.05) is 0 Å². The molecule has 5 heteroatoms. The molecule has 1 aromatic carbocycles. The molecule has 0 aliphatic carbocycles. The van der Waals surface area contributed by atoms with Crippen molar-refractivity contribution in [2.45, 2.75) is 13.8 Å². The monoisotopic (exact) mass is 301 g/mol. The number of aryl methyl sites for hydroxylation is 2. The van der Waals surface area contributed by atoms with Crippen molar-refractivity contribution in [3.05, 3.63) is 50.7 Å². The zero-order valence-corrected chi connectivity index (χ0v) is 12.1. The average molecular weight is 303 g/mol. The number of hydrogen-bond donors (Lipinski definition) is 0. The fourth-order valence-electron chi connectivity index (χ4n) is 1.48. The molecular formula is C13H10Cl3NO. The summed E-state index contributed by atoms with van der Waals surface area (Å²) in [4.78, 5) is 4.22. The first-order valence-electron chi connectivity index (χ1n) is 5.24. The van der Waals surface area contributed by atoms with Gasteiger partial charge in [0.1, 0.15) is 15.8 Å². The second kappa shape index (κ2) is 5.35. The summed E-state index contributed by atoms with van der Waals surface area (Å²) >= 11 is 18.1. The van der Waals surface area contributed by atoms with Gasteiger partial charge >= 0.3 is 0 Å². The van der Waals surface area contributed by atoms with E-state index < -0.39 is 0 Å². The third-order valence-corrected chi connectivity index (χ3v) is 3.55. The van der Waals surface area contributed by atoms with Crippen LogP contribution in [-0.4, -0.2) is 4.98 Å². The van der Waals surface area contributed by atoms with Crippen LogP contribution in [0.15, 0.2) is 24.3 Å². The number of hydrogen-bond acceptors (Lipinski definition) is 2. The lowest BCUT2D eigenvalue weighted by Crippen LogP contribution is -1.95. The van der Waals surface area contributed by atoms with Crippen molar-refractivity contribution in [2.24, 2.45) is 0 Å². The molecule has 0 radical (unpaired) electrons. The Morgan fingerprint density at radius 3 is 1.89 bits per heavy atom. The normalized spacial score (nSPS) is 10.5. The minimum atomic E-state index is 0.417. The van der Waals surface area contributed by atoms with Crippen molar-refractivity contribution in [1.29, 1.82) is 0 Å². The third kappa shape index (κ3) is 2.72. The van der Waals surface area contributed by atoms with E-state index in [1.54, 1.807) is 38.1 Å². The van der Waals surface area contributed by atoms with Gasteiger partial charge in [-0.3, -0.25) is 4.98 Å². The first-order valence-corrected chi connectivity index (χ1v) is 6.38. The topological polar surface area (TPSA) is 22.1 Å². The highest BCUT2D eigenvalue weighted by Gasteiger charge is 2.15. The summed E-state index contributed by atoms with van der Waals surface area (Å²) in [5, 5.41) is 1.47. The molecule has 18 heavy (non-hydrogen) atoms. The van der Waals surface area contributed by atoms with Crippen molar-refractivity contribution in [1.82, 2.24) is 4.98 Å². The molecule has 0 spiro atoms. The van der Waals surface area contributed by atoms with Gasteiger partial charge in [0.15, 0.2) is 5.75 Å². The van der Waals surface area contributed by atoms with Crippen molar-refractivity contribution >= 4 is 34.8 Å². The smallest absolute Gasteiger partial charge is 0.168 e. The van der Waals surface area contributed by atoms with E-state index in [0.717, 1.165) is 0 Å². The molecule has 1 heterocycles. The molecule has 94 valence electrons. The molecule has 0 N–H and O–H groups in total. The predicted octanol–water partition coefficient (Wildman–Crippen LogP) is 5.45. The molecule has 0 aliphatic heterocycles. The van der Waals surface area contributed by atoms with Crippen LogP contribution in [0.2, 0.25) is 15.1 Å². The number of nitrogens with zero attached hydrogens (tertiary/aromatic N) is 1. The maximum absolute atomic E-state index is 6.15. The van der Waals surface area contributed by atoms with Crippen LogP contribution in [0.3, 0.4) is 0 Å². The van der Waals surface area contributed by atoms with Gasteiger partial charge in [0.05, 0.1) is 11.4 Å². The Labute approximate surface area is 120 Å². The summed E-state index contributed by atoms with van der Waals surface area (Å²) in [6, 6.07) is 6.97. The van der Waals surface area contributed by atoms with Crippen molar-refractivity contribution in [2.75, 3.05) is 0 Å². The second-order valence-electron chi connectivity index (χ2n) is 3.80. The number of ether oxygens (including phenoxy) is 1. The van der Waals surface area contributed by atoms with E-state index >= 15 is 0 Å². The van der Waals surface area contributed by atoms with E-state index in [9.17, 15) is 0 Å². The average Bonchev–Trinajstić information content (AvgIpc) is 2.34. The van der Waals surface area contributed by atoms with Crippen molar-refractivity contribution in [3.63, 3.8) is 0 Å². The maximum atomic E-state index is 6.15. The molecule has 1 aromatic heterocycles. The number of halogens is 3. The summed E-state index contributed by atoms with van der Waals surface area (Å²) in [5.74, 6) is 1.04. The second-order valence-corrected chi connectivity index (χ2v) is 4.99. The Hall–Kier alpha value is -0.960. The minimum Gasteiger partial charge on any atom is -0.454 e. The number of pyridine rings is 1. The van der Waals surface area contributed by atoms with Gasteiger partial charge in [-0.2, -0.15) is 0 Å². The molecule has 2 rings (SSSR count). The third-order valence-electron chi connectivity index (χ3n) is 2.40. The van der Waals surface area contributed by atoms with Gasteiger partial charge in [-0.1, -0.05) is 34.8 Å². The molecule has 2 aromatic rings. The fourth-order valence-corrected chi connectivity index (χ4v) is 2.01. The largest absolute Gasteiger partial charge is 0.454 e. The summed E-state index contributed by atoms with van der Waals surface area (Å²) < 4.78 is 5.69. The highest BCUT2D eigenvalue weighted by molar-refractivity contribution is 6.37. The highest BCUT2D eigenvalue weighted by Crippen LogP contribution is 2.39. The van der Waals surface area contributed by atoms with Gasteiger partial charge < -0.3 is 4.74 Å².